The fraction of sp³-hybridized carbons (Fsp3) is 0.238. The van der Waals surface area contributed by atoms with Crippen LogP contribution in [0.1, 0.15) is 25.5 Å². The lowest BCUT2D eigenvalue weighted by Gasteiger charge is -2.13. The molecule has 3 aromatic rings. The van der Waals surface area contributed by atoms with Crippen LogP contribution in [0.3, 0.4) is 0 Å². The van der Waals surface area contributed by atoms with Gasteiger partial charge in [-0.1, -0.05) is 31.0 Å². The Morgan fingerprint density at radius 2 is 1.88 bits per heavy atom. The van der Waals surface area contributed by atoms with E-state index in [0.29, 0.717) is 16.1 Å². The Balaban J connectivity index is 1.80. The second kappa shape index (κ2) is 10.5. The van der Waals surface area contributed by atoms with Crippen molar-refractivity contribution in [3.63, 3.8) is 0 Å². The summed E-state index contributed by atoms with van der Waals surface area (Å²) in [6.45, 7) is 2.16. The SMILES string of the molecule is CCCCNS(=O)(=O)c1cccc(NC(=O)Oc2cnn(-c3ccc(Cl)cc3)c2C(F)(F)F)c1. The molecule has 2 aromatic carbocycles. The number of nitrogens with one attached hydrogen (secondary N) is 2. The van der Waals surface area contributed by atoms with Crippen LogP contribution in [0.15, 0.2) is 59.6 Å². The third-order valence-corrected chi connectivity index (χ3v) is 6.20. The predicted octanol–water partition coefficient (Wildman–Crippen LogP) is 5.23. The van der Waals surface area contributed by atoms with Gasteiger partial charge in [0.2, 0.25) is 10.0 Å². The van der Waals surface area contributed by atoms with E-state index in [2.05, 4.69) is 15.1 Å². The van der Waals surface area contributed by atoms with E-state index < -0.39 is 33.7 Å². The van der Waals surface area contributed by atoms with Gasteiger partial charge in [-0.15, -0.1) is 0 Å². The van der Waals surface area contributed by atoms with Crippen molar-refractivity contribution in [3.8, 4) is 11.4 Å². The number of halogens is 4. The number of unbranched alkanes of at least 4 members (excludes halogenated alkanes) is 1. The van der Waals surface area contributed by atoms with E-state index >= 15 is 0 Å². The number of hydrogen-bond donors (Lipinski definition) is 2. The molecule has 0 aliphatic rings. The maximum atomic E-state index is 13.7. The van der Waals surface area contributed by atoms with Crippen molar-refractivity contribution in [1.82, 2.24) is 14.5 Å². The quantitative estimate of drug-likeness (QED) is 0.399. The minimum Gasteiger partial charge on any atom is -0.406 e. The molecular weight excluding hydrogens is 497 g/mol. The van der Waals surface area contributed by atoms with E-state index in [-0.39, 0.29) is 22.8 Å². The molecule has 0 saturated carbocycles. The molecule has 0 spiro atoms. The number of carbonyl (C=O) groups excluding carboxylic acids is 1. The third kappa shape index (κ3) is 6.27. The highest BCUT2D eigenvalue weighted by molar-refractivity contribution is 7.89. The average Bonchev–Trinajstić information content (AvgIpc) is 3.18. The molecule has 0 fully saturated rings. The van der Waals surface area contributed by atoms with Gasteiger partial charge in [-0.05, 0) is 48.9 Å². The van der Waals surface area contributed by atoms with Crippen LogP contribution in [0.25, 0.3) is 5.69 Å². The maximum absolute atomic E-state index is 13.7. The predicted molar refractivity (Wildman–Crippen MR) is 120 cm³/mol. The number of sulfonamides is 1. The number of aromatic nitrogens is 2. The Kier molecular flexibility index (Phi) is 7.85. The number of alkyl halides is 3. The van der Waals surface area contributed by atoms with Crippen LogP contribution in [-0.4, -0.2) is 30.8 Å². The molecule has 0 bridgehead atoms. The first-order chi connectivity index (χ1) is 16.0. The van der Waals surface area contributed by atoms with Crippen molar-refractivity contribution in [2.24, 2.45) is 0 Å². The molecule has 0 aliphatic heterocycles. The van der Waals surface area contributed by atoms with Crippen LogP contribution in [0.2, 0.25) is 5.02 Å². The van der Waals surface area contributed by atoms with E-state index in [4.69, 9.17) is 16.3 Å². The molecule has 0 radical (unpaired) electrons. The summed E-state index contributed by atoms with van der Waals surface area (Å²) in [6, 6.07) is 10.7. The number of carbonyl (C=O) groups is 1. The summed E-state index contributed by atoms with van der Waals surface area (Å²) in [5.74, 6) is -0.829. The number of benzene rings is 2. The lowest BCUT2D eigenvalue weighted by Crippen LogP contribution is -2.25. The van der Waals surface area contributed by atoms with Crippen LogP contribution in [0, 0.1) is 0 Å². The monoisotopic (exact) mass is 516 g/mol. The normalized spacial score (nSPS) is 11.9. The van der Waals surface area contributed by atoms with Crippen molar-refractivity contribution in [2.45, 2.75) is 30.8 Å². The van der Waals surface area contributed by atoms with E-state index in [1.807, 2.05) is 6.92 Å². The first kappa shape index (κ1) is 25.5. The number of ether oxygens (including phenoxy) is 1. The topological polar surface area (TPSA) is 102 Å². The minimum atomic E-state index is -4.90. The summed E-state index contributed by atoms with van der Waals surface area (Å²) in [4.78, 5) is 12.2. The number of hydrogen-bond acceptors (Lipinski definition) is 5. The zero-order valence-electron chi connectivity index (χ0n) is 17.8. The van der Waals surface area contributed by atoms with Crippen LogP contribution < -0.4 is 14.8 Å². The van der Waals surface area contributed by atoms with Gasteiger partial charge in [-0.3, -0.25) is 5.32 Å². The van der Waals surface area contributed by atoms with Gasteiger partial charge in [-0.2, -0.15) is 18.3 Å². The van der Waals surface area contributed by atoms with E-state index in [0.717, 1.165) is 18.7 Å². The van der Waals surface area contributed by atoms with Gasteiger partial charge >= 0.3 is 12.3 Å². The smallest absolute Gasteiger partial charge is 0.406 e. The molecule has 0 aliphatic carbocycles. The lowest BCUT2D eigenvalue weighted by molar-refractivity contribution is -0.143. The van der Waals surface area contributed by atoms with Crippen molar-refractivity contribution in [3.05, 3.63) is 65.4 Å². The van der Waals surface area contributed by atoms with Crippen molar-refractivity contribution < 1.29 is 31.1 Å². The Hall–Kier alpha value is -3.09. The number of rotatable bonds is 8. The summed E-state index contributed by atoms with van der Waals surface area (Å²) >= 11 is 5.78. The summed E-state index contributed by atoms with van der Waals surface area (Å²) in [5, 5.41) is 6.24. The maximum Gasteiger partial charge on any atom is 0.437 e. The molecule has 8 nitrogen and oxygen atoms in total. The second-order valence-corrected chi connectivity index (χ2v) is 9.24. The second-order valence-electron chi connectivity index (χ2n) is 7.04. The Bertz CT molecular complexity index is 1260. The van der Waals surface area contributed by atoms with Gasteiger partial charge < -0.3 is 4.74 Å². The van der Waals surface area contributed by atoms with Crippen LogP contribution >= 0.6 is 11.6 Å². The zero-order chi connectivity index (χ0) is 24.9. The molecule has 0 unspecified atom stereocenters. The largest absolute Gasteiger partial charge is 0.437 e. The molecule has 3 rings (SSSR count). The highest BCUT2D eigenvalue weighted by Crippen LogP contribution is 2.38. The van der Waals surface area contributed by atoms with Gasteiger partial charge in [0.15, 0.2) is 11.4 Å². The molecule has 1 aromatic heterocycles. The molecule has 1 amide bonds. The van der Waals surface area contributed by atoms with Crippen molar-refractivity contribution in [1.29, 1.82) is 0 Å². The third-order valence-electron chi connectivity index (χ3n) is 4.49. The highest BCUT2D eigenvalue weighted by Gasteiger charge is 2.40. The molecular formula is C21H20ClF3N4O4S. The summed E-state index contributed by atoms with van der Waals surface area (Å²) in [6.07, 6.45) is -3.95. The first-order valence-electron chi connectivity index (χ1n) is 10.0. The van der Waals surface area contributed by atoms with Gasteiger partial charge in [0, 0.05) is 17.3 Å². The fourth-order valence-corrected chi connectivity index (χ4v) is 4.14. The minimum absolute atomic E-state index is 0.0158. The van der Waals surface area contributed by atoms with Gasteiger partial charge in [0.1, 0.15) is 0 Å². The van der Waals surface area contributed by atoms with E-state index in [9.17, 15) is 26.4 Å². The molecule has 0 atom stereocenters. The number of nitrogens with zero attached hydrogens (tertiary/aromatic N) is 2. The van der Waals surface area contributed by atoms with Crippen LogP contribution in [0.5, 0.6) is 5.75 Å². The average molecular weight is 517 g/mol. The van der Waals surface area contributed by atoms with Crippen molar-refractivity contribution in [2.75, 3.05) is 11.9 Å². The van der Waals surface area contributed by atoms with E-state index in [1.54, 1.807) is 0 Å². The molecule has 2 N–H and O–H groups in total. The molecule has 13 heteroatoms. The Labute approximate surface area is 198 Å². The fourth-order valence-electron chi connectivity index (χ4n) is 2.90. The standard InChI is InChI=1S/C21H20ClF3N4O4S/c1-2-3-11-27-34(31,32)17-6-4-5-15(12-17)28-20(30)33-18-13-26-29(19(18)21(23,24)25)16-9-7-14(22)8-10-16/h4-10,12-13,27H,2-3,11H2,1H3,(H,28,30). The first-order valence-corrected chi connectivity index (χ1v) is 11.9. The van der Waals surface area contributed by atoms with Gasteiger partial charge in [0.25, 0.3) is 0 Å². The Morgan fingerprint density at radius 1 is 1.18 bits per heavy atom. The van der Waals surface area contributed by atoms with Crippen molar-refractivity contribution >= 4 is 33.4 Å². The summed E-state index contributed by atoms with van der Waals surface area (Å²) in [5.41, 5.74) is -1.23. The van der Waals surface area contributed by atoms with Gasteiger partial charge in [-0.25, -0.2) is 22.6 Å². The molecule has 182 valence electrons. The van der Waals surface area contributed by atoms with Gasteiger partial charge in [0.05, 0.1) is 16.8 Å². The lowest BCUT2D eigenvalue weighted by atomic mass is 10.3. The zero-order valence-corrected chi connectivity index (χ0v) is 19.3. The van der Waals surface area contributed by atoms with Crippen LogP contribution in [-0.2, 0) is 16.2 Å². The number of anilines is 1. The summed E-state index contributed by atoms with van der Waals surface area (Å²) < 4.78 is 73.7. The molecule has 34 heavy (non-hydrogen) atoms. The highest BCUT2D eigenvalue weighted by atomic mass is 35.5. The van der Waals surface area contributed by atoms with Crippen LogP contribution in [0.4, 0.5) is 23.7 Å². The number of amides is 1. The van der Waals surface area contributed by atoms with E-state index in [1.165, 1.54) is 42.5 Å². The molecule has 0 saturated heterocycles. The Morgan fingerprint density at radius 3 is 2.53 bits per heavy atom. The molecule has 1 heterocycles. The summed E-state index contributed by atoms with van der Waals surface area (Å²) in [7, 11) is -3.82.